The van der Waals surface area contributed by atoms with Gasteiger partial charge in [-0.15, -0.1) is 0 Å². The van der Waals surface area contributed by atoms with Gasteiger partial charge in [-0.2, -0.15) is 0 Å². The van der Waals surface area contributed by atoms with Gasteiger partial charge in [0.1, 0.15) is 11.6 Å². The van der Waals surface area contributed by atoms with Crippen LogP contribution in [0.3, 0.4) is 0 Å². The number of rotatable bonds is 3. The van der Waals surface area contributed by atoms with Gasteiger partial charge in [0, 0.05) is 29.4 Å². The van der Waals surface area contributed by atoms with Crippen LogP contribution in [0.5, 0.6) is 0 Å². The maximum atomic E-state index is 13.6. The standard InChI is InChI=1S/C14H14F2N2/c1-9(12-7-2-3-8-18-12)14(17)13-10(15)5-4-6-11(13)16/h2-9,14H,17H2,1H3. The minimum absolute atomic E-state index is 0.0874. The molecule has 2 unspecified atom stereocenters. The Hall–Kier alpha value is -1.81. The number of aromatic nitrogens is 1. The zero-order valence-electron chi connectivity index (χ0n) is 9.98. The van der Waals surface area contributed by atoms with Gasteiger partial charge < -0.3 is 5.73 Å². The predicted octanol–water partition coefficient (Wildman–Crippen LogP) is 3.16. The van der Waals surface area contributed by atoms with E-state index in [1.54, 1.807) is 25.3 Å². The average Bonchev–Trinajstić information content (AvgIpc) is 2.38. The molecule has 1 aromatic heterocycles. The molecule has 2 rings (SSSR count). The van der Waals surface area contributed by atoms with Crippen LogP contribution in [-0.2, 0) is 0 Å². The van der Waals surface area contributed by atoms with Crippen LogP contribution in [0.1, 0.15) is 30.1 Å². The van der Waals surface area contributed by atoms with Crippen molar-refractivity contribution in [1.29, 1.82) is 0 Å². The van der Waals surface area contributed by atoms with Gasteiger partial charge in [-0.3, -0.25) is 4.98 Å². The number of nitrogens with zero attached hydrogens (tertiary/aromatic N) is 1. The van der Waals surface area contributed by atoms with Crippen LogP contribution in [0.4, 0.5) is 8.78 Å². The number of hydrogen-bond acceptors (Lipinski definition) is 2. The normalized spacial score (nSPS) is 14.2. The fourth-order valence-corrected chi connectivity index (χ4v) is 1.91. The molecule has 0 aliphatic rings. The Labute approximate surface area is 104 Å². The van der Waals surface area contributed by atoms with Crippen molar-refractivity contribution in [2.75, 3.05) is 0 Å². The van der Waals surface area contributed by atoms with Crippen LogP contribution in [0.25, 0.3) is 0 Å². The van der Waals surface area contributed by atoms with E-state index in [1.807, 2.05) is 6.07 Å². The molecule has 0 saturated carbocycles. The maximum absolute atomic E-state index is 13.6. The summed E-state index contributed by atoms with van der Waals surface area (Å²) < 4.78 is 27.3. The van der Waals surface area contributed by atoms with Crippen LogP contribution in [0, 0.1) is 11.6 Å². The van der Waals surface area contributed by atoms with Crippen LogP contribution < -0.4 is 5.73 Å². The summed E-state index contributed by atoms with van der Waals surface area (Å²) in [6.45, 7) is 1.80. The fraction of sp³-hybridized carbons (Fsp3) is 0.214. The zero-order valence-corrected chi connectivity index (χ0v) is 9.98. The second-order valence-electron chi connectivity index (χ2n) is 4.20. The molecule has 94 valence electrons. The lowest BCUT2D eigenvalue weighted by molar-refractivity contribution is 0.490. The number of hydrogen-bond donors (Lipinski definition) is 1. The van der Waals surface area contributed by atoms with Crippen molar-refractivity contribution in [3.05, 3.63) is 65.5 Å². The lowest BCUT2D eigenvalue weighted by Gasteiger charge is -2.20. The lowest BCUT2D eigenvalue weighted by atomic mass is 9.91. The number of nitrogens with two attached hydrogens (primary N) is 1. The molecule has 0 fully saturated rings. The van der Waals surface area contributed by atoms with Crippen molar-refractivity contribution in [1.82, 2.24) is 4.98 Å². The highest BCUT2D eigenvalue weighted by atomic mass is 19.1. The number of halogens is 2. The van der Waals surface area contributed by atoms with E-state index in [0.717, 1.165) is 0 Å². The zero-order chi connectivity index (χ0) is 13.1. The highest BCUT2D eigenvalue weighted by Gasteiger charge is 2.23. The summed E-state index contributed by atoms with van der Waals surface area (Å²) in [5.41, 5.74) is 6.58. The maximum Gasteiger partial charge on any atom is 0.130 e. The van der Waals surface area contributed by atoms with E-state index in [2.05, 4.69) is 4.98 Å². The average molecular weight is 248 g/mol. The molecule has 4 heteroatoms. The van der Waals surface area contributed by atoms with E-state index in [1.165, 1.54) is 18.2 Å². The largest absolute Gasteiger partial charge is 0.323 e. The van der Waals surface area contributed by atoms with Crippen molar-refractivity contribution in [2.24, 2.45) is 5.73 Å². The number of pyridine rings is 1. The Morgan fingerprint density at radius 3 is 2.28 bits per heavy atom. The third-order valence-corrected chi connectivity index (χ3v) is 3.03. The van der Waals surface area contributed by atoms with Gasteiger partial charge in [0.2, 0.25) is 0 Å². The van der Waals surface area contributed by atoms with Crippen LogP contribution >= 0.6 is 0 Å². The van der Waals surface area contributed by atoms with E-state index in [9.17, 15) is 8.78 Å². The van der Waals surface area contributed by atoms with Crippen LogP contribution in [-0.4, -0.2) is 4.98 Å². The summed E-state index contributed by atoms with van der Waals surface area (Å²) in [4.78, 5) is 4.16. The third-order valence-electron chi connectivity index (χ3n) is 3.03. The molecular weight excluding hydrogens is 234 g/mol. The van der Waals surface area contributed by atoms with Crippen LogP contribution in [0.2, 0.25) is 0 Å². The lowest BCUT2D eigenvalue weighted by Crippen LogP contribution is -2.21. The Kier molecular flexibility index (Phi) is 3.67. The molecule has 0 aliphatic carbocycles. The van der Waals surface area contributed by atoms with Crippen molar-refractivity contribution < 1.29 is 8.78 Å². The summed E-state index contributed by atoms with van der Waals surface area (Å²) in [5, 5.41) is 0. The molecule has 0 radical (unpaired) electrons. The highest BCUT2D eigenvalue weighted by Crippen LogP contribution is 2.30. The molecule has 2 aromatic rings. The second kappa shape index (κ2) is 5.23. The van der Waals surface area contributed by atoms with Gasteiger partial charge in [0.15, 0.2) is 0 Å². The van der Waals surface area contributed by atoms with E-state index in [4.69, 9.17) is 5.73 Å². The Morgan fingerprint density at radius 2 is 1.72 bits per heavy atom. The molecule has 0 saturated heterocycles. The first kappa shape index (κ1) is 12.6. The molecule has 0 spiro atoms. The van der Waals surface area contributed by atoms with Crippen molar-refractivity contribution in [3.63, 3.8) is 0 Å². The molecule has 2 N–H and O–H groups in total. The van der Waals surface area contributed by atoms with Gasteiger partial charge in [0.05, 0.1) is 0 Å². The summed E-state index contributed by atoms with van der Waals surface area (Å²) in [6, 6.07) is 8.39. The van der Waals surface area contributed by atoms with Crippen LogP contribution in [0.15, 0.2) is 42.6 Å². The minimum atomic E-state index is -0.763. The van der Waals surface area contributed by atoms with Gasteiger partial charge in [-0.1, -0.05) is 19.1 Å². The molecule has 1 aromatic carbocycles. The fourth-order valence-electron chi connectivity index (χ4n) is 1.91. The molecule has 2 nitrogen and oxygen atoms in total. The molecule has 0 aliphatic heterocycles. The smallest absolute Gasteiger partial charge is 0.130 e. The topological polar surface area (TPSA) is 38.9 Å². The van der Waals surface area contributed by atoms with E-state index >= 15 is 0 Å². The summed E-state index contributed by atoms with van der Waals surface area (Å²) in [6.07, 6.45) is 1.64. The number of benzene rings is 1. The third kappa shape index (κ3) is 2.38. The SMILES string of the molecule is CC(c1ccccn1)C(N)c1c(F)cccc1F. The molecular formula is C14H14F2N2. The minimum Gasteiger partial charge on any atom is -0.323 e. The van der Waals surface area contributed by atoms with Gasteiger partial charge in [0.25, 0.3) is 0 Å². The van der Waals surface area contributed by atoms with Crippen molar-refractivity contribution >= 4 is 0 Å². The quantitative estimate of drug-likeness (QED) is 0.906. The van der Waals surface area contributed by atoms with E-state index in [0.29, 0.717) is 5.69 Å². The molecule has 0 bridgehead atoms. The highest BCUT2D eigenvalue weighted by molar-refractivity contribution is 5.26. The van der Waals surface area contributed by atoms with Gasteiger partial charge in [-0.05, 0) is 24.3 Å². The Bertz CT molecular complexity index is 508. The van der Waals surface area contributed by atoms with Crippen molar-refractivity contribution in [3.8, 4) is 0 Å². The predicted molar refractivity (Wildman–Crippen MR) is 65.9 cm³/mol. The van der Waals surface area contributed by atoms with Crippen molar-refractivity contribution in [2.45, 2.75) is 18.9 Å². The monoisotopic (exact) mass is 248 g/mol. The molecule has 18 heavy (non-hydrogen) atoms. The second-order valence-corrected chi connectivity index (χ2v) is 4.20. The van der Waals surface area contributed by atoms with Gasteiger partial charge in [-0.25, -0.2) is 8.78 Å². The molecule has 2 atom stereocenters. The first-order valence-electron chi connectivity index (χ1n) is 5.71. The summed E-state index contributed by atoms with van der Waals surface area (Å²) in [7, 11) is 0. The Morgan fingerprint density at radius 1 is 1.06 bits per heavy atom. The Balaban J connectivity index is 2.34. The summed E-state index contributed by atoms with van der Waals surface area (Å²) >= 11 is 0. The van der Waals surface area contributed by atoms with E-state index in [-0.39, 0.29) is 11.5 Å². The summed E-state index contributed by atoms with van der Waals surface area (Å²) in [5.74, 6) is -1.51. The van der Waals surface area contributed by atoms with Gasteiger partial charge >= 0.3 is 0 Å². The molecule has 0 amide bonds. The first-order valence-corrected chi connectivity index (χ1v) is 5.71. The first-order chi connectivity index (χ1) is 8.61. The van der Waals surface area contributed by atoms with E-state index < -0.39 is 17.7 Å². The molecule has 1 heterocycles.